The van der Waals surface area contributed by atoms with Gasteiger partial charge in [-0.25, -0.2) is 0 Å². The van der Waals surface area contributed by atoms with Crippen molar-refractivity contribution in [3.8, 4) is 0 Å². The first-order chi connectivity index (χ1) is 13.5. The minimum Gasteiger partial charge on any atom is -0.413 e. The molecule has 0 heterocycles. The lowest BCUT2D eigenvalue weighted by atomic mass is 9.47. The van der Waals surface area contributed by atoms with Crippen molar-refractivity contribution in [2.45, 2.75) is 104 Å². The van der Waals surface area contributed by atoms with E-state index in [2.05, 4.69) is 46.9 Å². The third-order valence-electron chi connectivity index (χ3n) is 9.22. The molecule has 4 rings (SSSR count). The van der Waals surface area contributed by atoms with Crippen LogP contribution in [0.2, 0.25) is 19.1 Å². The number of aliphatic hydroxyl groups excluding tert-OH is 1. The van der Waals surface area contributed by atoms with Gasteiger partial charge in [-0.05, 0) is 81.3 Å². The molecule has 0 aromatic rings. The van der Waals surface area contributed by atoms with Crippen LogP contribution < -0.4 is 0 Å². The maximum absolute atomic E-state index is 12.7. The molecule has 0 saturated heterocycles. The van der Waals surface area contributed by atoms with Crippen molar-refractivity contribution in [3.63, 3.8) is 0 Å². The topological polar surface area (TPSA) is 46.5 Å². The summed E-state index contributed by atoms with van der Waals surface area (Å²) in [6.45, 7) is 14.0. The summed E-state index contributed by atoms with van der Waals surface area (Å²) in [5.74, 6) is 2.89. The van der Waals surface area contributed by atoms with Gasteiger partial charge in [-0.15, -0.1) is 0 Å². The third kappa shape index (κ3) is 3.51. The molecule has 2 unspecified atom stereocenters. The molecule has 4 heteroatoms. The highest BCUT2D eigenvalue weighted by molar-refractivity contribution is 6.71. The Balaban J connectivity index is 1.67. The van der Waals surface area contributed by atoms with Gasteiger partial charge in [0.2, 0.25) is 0 Å². The summed E-state index contributed by atoms with van der Waals surface area (Å²) in [6, 6.07) is 1.16. The Bertz CT molecular complexity index is 698. The van der Waals surface area contributed by atoms with Crippen LogP contribution in [0.1, 0.15) is 72.6 Å². The summed E-state index contributed by atoms with van der Waals surface area (Å²) in [5, 5.41) is 10.7. The van der Waals surface area contributed by atoms with E-state index in [0.29, 0.717) is 29.5 Å². The fourth-order valence-corrected chi connectivity index (χ4v) is 11.2. The van der Waals surface area contributed by atoms with Crippen LogP contribution in [0.25, 0.3) is 0 Å². The van der Waals surface area contributed by atoms with Crippen LogP contribution in [0, 0.1) is 34.5 Å². The SMILES string of the molecule is CC(C)C[Si](C)(C)OC1CC(O)CC2=CC[C@@H]3[C@@H](CC[C@]4(C)C(=O)CC[C@@H]34)[C@]21C. The highest BCUT2D eigenvalue weighted by atomic mass is 28.4. The largest absolute Gasteiger partial charge is 0.413 e. The molecule has 3 saturated carbocycles. The number of ketones is 1. The van der Waals surface area contributed by atoms with Crippen molar-refractivity contribution in [1.82, 2.24) is 0 Å². The molecule has 29 heavy (non-hydrogen) atoms. The first kappa shape index (κ1) is 21.8. The Morgan fingerprint density at radius 2 is 1.97 bits per heavy atom. The summed E-state index contributed by atoms with van der Waals surface area (Å²) in [4.78, 5) is 12.7. The van der Waals surface area contributed by atoms with Gasteiger partial charge in [0, 0.05) is 17.3 Å². The number of carbonyl (C=O) groups is 1. The minimum atomic E-state index is -1.81. The summed E-state index contributed by atoms with van der Waals surface area (Å²) in [6.07, 6.45) is 9.01. The van der Waals surface area contributed by atoms with Crippen LogP contribution in [0.4, 0.5) is 0 Å². The lowest BCUT2D eigenvalue weighted by Gasteiger charge is -2.60. The van der Waals surface area contributed by atoms with Crippen LogP contribution in [0.15, 0.2) is 11.6 Å². The fourth-order valence-electron chi connectivity index (χ4n) is 8.03. The average Bonchev–Trinajstić information content (AvgIpc) is 2.90. The lowest BCUT2D eigenvalue weighted by molar-refractivity contribution is -0.134. The first-order valence-corrected chi connectivity index (χ1v) is 15.2. The number of carbonyl (C=O) groups excluding carboxylic acids is 1. The van der Waals surface area contributed by atoms with Crippen molar-refractivity contribution >= 4 is 14.1 Å². The Labute approximate surface area is 178 Å². The van der Waals surface area contributed by atoms with E-state index < -0.39 is 8.32 Å². The number of hydrogen-bond acceptors (Lipinski definition) is 3. The molecule has 0 radical (unpaired) electrons. The summed E-state index contributed by atoms with van der Waals surface area (Å²) < 4.78 is 7.01. The van der Waals surface area contributed by atoms with Gasteiger partial charge in [0.05, 0.1) is 12.2 Å². The third-order valence-corrected chi connectivity index (χ3v) is 11.9. The van der Waals surface area contributed by atoms with Gasteiger partial charge in [0.25, 0.3) is 0 Å². The van der Waals surface area contributed by atoms with E-state index in [4.69, 9.17) is 4.43 Å². The maximum Gasteiger partial charge on any atom is 0.187 e. The zero-order valence-electron chi connectivity index (χ0n) is 19.5. The maximum atomic E-state index is 12.7. The van der Waals surface area contributed by atoms with E-state index in [9.17, 15) is 9.90 Å². The molecule has 164 valence electrons. The second-order valence-electron chi connectivity index (χ2n) is 12.1. The van der Waals surface area contributed by atoms with Crippen molar-refractivity contribution in [2.24, 2.45) is 34.5 Å². The highest BCUT2D eigenvalue weighted by Gasteiger charge is 2.61. The molecule has 0 amide bonds. The smallest absolute Gasteiger partial charge is 0.187 e. The number of allylic oxidation sites excluding steroid dienone is 1. The molecule has 0 aromatic carbocycles. The van der Waals surface area contributed by atoms with Crippen LogP contribution in [0.3, 0.4) is 0 Å². The van der Waals surface area contributed by atoms with Gasteiger partial charge in [-0.2, -0.15) is 0 Å². The predicted molar refractivity (Wildman–Crippen MR) is 120 cm³/mol. The number of aliphatic hydroxyl groups is 1. The number of Topliss-reactive ketones (excluding diaryl/α,β-unsaturated/α-hetero) is 1. The molecule has 1 N–H and O–H groups in total. The summed E-state index contributed by atoms with van der Waals surface area (Å²) in [5.41, 5.74) is 1.39. The molecule has 4 aliphatic rings. The average molecular weight is 419 g/mol. The number of fused-ring (bicyclic) bond motifs is 5. The standard InChI is InChI=1S/C25H42O3Si/c1-16(2)15-29(5,6)28-23-14-18(26)13-17-7-8-19-20-9-10-22(27)24(20,3)12-11-21(19)25(17,23)4/h7,16,18-21,23,26H,8-15H2,1-6H3/t18?,19-,20-,21+,23?,24-,25-/m0/s1. The molecule has 0 aliphatic heterocycles. The minimum absolute atomic E-state index is 0.0242. The molecular formula is C25H42O3Si. The van der Waals surface area contributed by atoms with Gasteiger partial charge < -0.3 is 9.53 Å². The molecular weight excluding hydrogens is 376 g/mol. The number of rotatable bonds is 4. The van der Waals surface area contributed by atoms with Crippen molar-refractivity contribution in [3.05, 3.63) is 11.6 Å². The summed E-state index contributed by atoms with van der Waals surface area (Å²) >= 11 is 0. The van der Waals surface area contributed by atoms with Crippen LogP contribution in [-0.4, -0.2) is 31.4 Å². The Kier molecular flexibility index (Phi) is 5.48. The molecule has 0 bridgehead atoms. The molecule has 0 aromatic heterocycles. The van der Waals surface area contributed by atoms with Crippen LogP contribution >= 0.6 is 0 Å². The van der Waals surface area contributed by atoms with Gasteiger partial charge in [-0.3, -0.25) is 4.79 Å². The summed E-state index contributed by atoms with van der Waals surface area (Å²) in [7, 11) is -1.81. The highest BCUT2D eigenvalue weighted by Crippen LogP contribution is 2.64. The van der Waals surface area contributed by atoms with Crippen LogP contribution in [-0.2, 0) is 9.22 Å². The van der Waals surface area contributed by atoms with Gasteiger partial charge in [-0.1, -0.05) is 39.3 Å². The second-order valence-corrected chi connectivity index (χ2v) is 16.3. The quantitative estimate of drug-likeness (QED) is 0.468. The molecule has 0 spiro atoms. The normalized spacial score (nSPS) is 44.9. The van der Waals surface area contributed by atoms with Crippen molar-refractivity contribution < 1.29 is 14.3 Å². The molecule has 7 atom stereocenters. The zero-order valence-corrected chi connectivity index (χ0v) is 20.5. The van der Waals surface area contributed by atoms with E-state index >= 15 is 0 Å². The van der Waals surface area contributed by atoms with Gasteiger partial charge in [0.15, 0.2) is 8.32 Å². The van der Waals surface area contributed by atoms with Crippen molar-refractivity contribution in [1.29, 1.82) is 0 Å². The van der Waals surface area contributed by atoms with E-state index in [0.717, 1.165) is 51.0 Å². The Hall–Kier alpha value is -0.453. The first-order valence-electron chi connectivity index (χ1n) is 12.1. The molecule has 3 fully saturated rings. The monoisotopic (exact) mass is 418 g/mol. The zero-order chi connectivity index (χ0) is 21.2. The lowest BCUT2D eigenvalue weighted by Crippen LogP contribution is -2.58. The Morgan fingerprint density at radius 1 is 1.24 bits per heavy atom. The number of hydrogen-bond donors (Lipinski definition) is 1. The molecule has 4 aliphatic carbocycles. The second kappa shape index (κ2) is 7.31. The van der Waals surface area contributed by atoms with E-state index in [1.807, 2.05) is 0 Å². The van der Waals surface area contributed by atoms with Gasteiger partial charge in [0.1, 0.15) is 5.78 Å². The Morgan fingerprint density at radius 3 is 2.66 bits per heavy atom. The van der Waals surface area contributed by atoms with Gasteiger partial charge >= 0.3 is 0 Å². The van der Waals surface area contributed by atoms with E-state index in [1.54, 1.807) is 0 Å². The molecule has 3 nitrogen and oxygen atoms in total. The van der Waals surface area contributed by atoms with E-state index in [1.165, 1.54) is 5.57 Å². The fraction of sp³-hybridized carbons (Fsp3) is 0.880. The van der Waals surface area contributed by atoms with Crippen molar-refractivity contribution in [2.75, 3.05) is 0 Å². The van der Waals surface area contributed by atoms with E-state index in [-0.39, 0.29) is 23.0 Å². The predicted octanol–water partition coefficient (Wildman–Crippen LogP) is 5.74. The van der Waals surface area contributed by atoms with Crippen LogP contribution in [0.5, 0.6) is 0 Å².